The van der Waals surface area contributed by atoms with Crippen LogP contribution in [0, 0.1) is 0 Å². The van der Waals surface area contributed by atoms with E-state index in [-0.39, 0.29) is 11.6 Å². The van der Waals surface area contributed by atoms with Crippen molar-refractivity contribution in [3.8, 4) is 11.5 Å². The summed E-state index contributed by atoms with van der Waals surface area (Å²) in [5.74, 6) is 0.437. The third-order valence-corrected chi connectivity index (χ3v) is 2.74. The van der Waals surface area contributed by atoms with Gasteiger partial charge in [-0.1, -0.05) is 0 Å². The van der Waals surface area contributed by atoms with Crippen molar-refractivity contribution in [2.45, 2.75) is 19.9 Å². The highest BCUT2D eigenvalue weighted by Gasteiger charge is 2.15. The van der Waals surface area contributed by atoms with Crippen LogP contribution in [0.5, 0.6) is 11.5 Å². The molecule has 0 fully saturated rings. The van der Waals surface area contributed by atoms with Crippen LogP contribution in [0.25, 0.3) is 0 Å². The van der Waals surface area contributed by atoms with Crippen molar-refractivity contribution >= 4 is 11.7 Å². The van der Waals surface area contributed by atoms with Gasteiger partial charge in [0.05, 0.1) is 19.5 Å². The fraction of sp³-hybridized carbons (Fsp3) is 0.286. The van der Waals surface area contributed by atoms with Gasteiger partial charge in [-0.3, -0.25) is 4.68 Å². The molecule has 0 amide bonds. The first-order valence-corrected chi connectivity index (χ1v) is 6.21. The maximum absolute atomic E-state index is 11.7. The third-order valence-electron chi connectivity index (χ3n) is 2.74. The fourth-order valence-corrected chi connectivity index (χ4v) is 1.69. The number of ether oxygens (including phenoxy) is 2. The lowest BCUT2D eigenvalue weighted by Crippen LogP contribution is -2.04. The number of carbonyl (C=O) groups is 1. The first kappa shape index (κ1) is 13.9. The molecule has 0 spiro atoms. The third kappa shape index (κ3) is 2.90. The van der Waals surface area contributed by atoms with E-state index in [9.17, 15) is 4.79 Å². The first-order chi connectivity index (χ1) is 9.51. The van der Waals surface area contributed by atoms with Crippen molar-refractivity contribution in [2.24, 2.45) is 0 Å². The van der Waals surface area contributed by atoms with E-state index in [4.69, 9.17) is 15.2 Å². The Labute approximate surface area is 117 Å². The van der Waals surface area contributed by atoms with Gasteiger partial charge in [-0.25, -0.2) is 4.79 Å². The number of nitrogen functional groups attached to an aromatic ring is 1. The average Bonchev–Trinajstić information content (AvgIpc) is 2.88. The minimum absolute atomic E-state index is 0.235. The fourth-order valence-electron chi connectivity index (χ4n) is 1.69. The highest BCUT2D eigenvalue weighted by Crippen LogP contribution is 2.27. The van der Waals surface area contributed by atoms with Crippen molar-refractivity contribution in [3.05, 3.63) is 36.2 Å². The Morgan fingerprint density at radius 3 is 2.75 bits per heavy atom. The van der Waals surface area contributed by atoms with Crippen LogP contribution in [0.4, 0.5) is 5.69 Å². The highest BCUT2D eigenvalue weighted by molar-refractivity contribution is 5.93. The van der Waals surface area contributed by atoms with E-state index in [1.165, 1.54) is 13.2 Å². The van der Waals surface area contributed by atoms with E-state index in [0.29, 0.717) is 17.2 Å². The summed E-state index contributed by atoms with van der Waals surface area (Å²) in [4.78, 5) is 11.7. The lowest BCUT2D eigenvalue weighted by atomic mass is 10.2. The number of nitrogens with zero attached hydrogens (tertiary/aromatic N) is 2. The zero-order chi connectivity index (χ0) is 14.7. The zero-order valence-corrected chi connectivity index (χ0v) is 11.7. The van der Waals surface area contributed by atoms with Gasteiger partial charge in [-0.05, 0) is 32.0 Å². The van der Waals surface area contributed by atoms with Gasteiger partial charge < -0.3 is 15.2 Å². The second-order valence-electron chi connectivity index (χ2n) is 4.60. The van der Waals surface area contributed by atoms with Crippen LogP contribution in [-0.4, -0.2) is 22.9 Å². The van der Waals surface area contributed by atoms with Gasteiger partial charge in [0.1, 0.15) is 11.3 Å². The summed E-state index contributed by atoms with van der Waals surface area (Å²) in [7, 11) is 1.31. The molecule has 1 aromatic heterocycles. The van der Waals surface area contributed by atoms with Gasteiger partial charge in [-0.15, -0.1) is 0 Å². The monoisotopic (exact) mass is 275 g/mol. The van der Waals surface area contributed by atoms with E-state index in [1.807, 2.05) is 13.8 Å². The lowest BCUT2D eigenvalue weighted by Gasteiger charge is -2.09. The Balaban J connectivity index is 2.30. The molecule has 0 aliphatic heterocycles. The minimum atomic E-state index is -0.497. The van der Waals surface area contributed by atoms with Crippen LogP contribution in [0.1, 0.15) is 30.2 Å². The predicted molar refractivity (Wildman–Crippen MR) is 74.9 cm³/mol. The molecule has 20 heavy (non-hydrogen) atoms. The molecule has 2 N–H and O–H groups in total. The number of carbonyl (C=O) groups excluding carboxylic acids is 1. The van der Waals surface area contributed by atoms with Gasteiger partial charge in [-0.2, -0.15) is 5.10 Å². The number of methoxy groups -OCH3 is 1. The molecule has 106 valence electrons. The van der Waals surface area contributed by atoms with Gasteiger partial charge in [0.25, 0.3) is 0 Å². The molecule has 0 bridgehead atoms. The van der Waals surface area contributed by atoms with E-state index < -0.39 is 5.97 Å². The summed E-state index contributed by atoms with van der Waals surface area (Å²) in [5.41, 5.74) is 6.43. The molecule has 0 aliphatic carbocycles. The van der Waals surface area contributed by atoms with Gasteiger partial charge in [0.2, 0.25) is 0 Å². The van der Waals surface area contributed by atoms with Crippen LogP contribution < -0.4 is 10.5 Å². The smallest absolute Gasteiger partial charge is 0.341 e. The number of hydrogen-bond donors (Lipinski definition) is 1. The van der Waals surface area contributed by atoms with Gasteiger partial charge in [0.15, 0.2) is 5.75 Å². The highest BCUT2D eigenvalue weighted by atomic mass is 16.5. The number of rotatable bonds is 4. The van der Waals surface area contributed by atoms with Crippen LogP contribution in [0.2, 0.25) is 0 Å². The number of aromatic nitrogens is 2. The topological polar surface area (TPSA) is 79.4 Å². The van der Waals surface area contributed by atoms with E-state index in [1.54, 1.807) is 29.2 Å². The molecule has 0 saturated heterocycles. The normalized spacial score (nSPS) is 10.6. The van der Waals surface area contributed by atoms with Crippen LogP contribution >= 0.6 is 0 Å². The lowest BCUT2D eigenvalue weighted by molar-refractivity contribution is 0.0598. The molecule has 6 heteroatoms. The maximum atomic E-state index is 11.7. The zero-order valence-electron chi connectivity index (χ0n) is 11.7. The van der Waals surface area contributed by atoms with Gasteiger partial charge in [0, 0.05) is 11.7 Å². The summed E-state index contributed by atoms with van der Waals surface area (Å²) in [5, 5.41) is 4.17. The van der Waals surface area contributed by atoms with E-state index >= 15 is 0 Å². The number of benzene rings is 1. The number of esters is 1. The second kappa shape index (κ2) is 5.64. The molecule has 0 atom stereocenters. The quantitative estimate of drug-likeness (QED) is 0.685. The predicted octanol–water partition coefficient (Wildman–Crippen LogP) is 2.63. The minimum Gasteiger partial charge on any atom is -0.465 e. The molecule has 1 aromatic carbocycles. The van der Waals surface area contributed by atoms with Crippen molar-refractivity contribution in [1.29, 1.82) is 0 Å². The van der Waals surface area contributed by atoms with Crippen molar-refractivity contribution in [1.82, 2.24) is 9.78 Å². The molecule has 0 radical (unpaired) electrons. The Morgan fingerprint density at radius 1 is 1.40 bits per heavy atom. The molecule has 0 aliphatic rings. The largest absolute Gasteiger partial charge is 0.465 e. The van der Waals surface area contributed by atoms with E-state index in [2.05, 4.69) is 5.10 Å². The molecule has 0 unspecified atom stereocenters. The van der Waals surface area contributed by atoms with Crippen LogP contribution in [0.3, 0.4) is 0 Å². The molecule has 2 aromatic rings. The Kier molecular flexibility index (Phi) is 3.93. The summed E-state index contributed by atoms with van der Waals surface area (Å²) < 4.78 is 12.2. The molecule has 1 heterocycles. The van der Waals surface area contributed by atoms with Crippen molar-refractivity contribution in [3.63, 3.8) is 0 Å². The van der Waals surface area contributed by atoms with Crippen molar-refractivity contribution in [2.75, 3.05) is 12.8 Å². The summed E-state index contributed by atoms with van der Waals surface area (Å²) in [6, 6.07) is 5.05. The number of nitrogens with two attached hydrogens (primary N) is 1. The molecular weight excluding hydrogens is 258 g/mol. The standard InChI is InChI=1S/C14H17N3O3/c1-9(2)17-8-11(7-16-17)20-13-5-4-10(15)6-12(13)14(18)19-3/h4-9H,15H2,1-3H3. The van der Waals surface area contributed by atoms with E-state index in [0.717, 1.165) is 0 Å². The molecule has 6 nitrogen and oxygen atoms in total. The SMILES string of the molecule is COC(=O)c1cc(N)ccc1Oc1cnn(C(C)C)c1. The Bertz CT molecular complexity index is 620. The summed E-state index contributed by atoms with van der Waals surface area (Å²) >= 11 is 0. The Morgan fingerprint density at radius 2 is 2.15 bits per heavy atom. The van der Waals surface area contributed by atoms with Crippen LogP contribution in [0.15, 0.2) is 30.6 Å². The number of anilines is 1. The molecule has 2 rings (SSSR count). The van der Waals surface area contributed by atoms with Crippen molar-refractivity contribution < 1.29 is 14.3 Å². The second-order valence-corrected chi connectivity index (χ2v) is 4.60. The van der Waals surface area contributed by atoms with Crippen LogP contribution in [-0.2, 0) is 4.74 Å². The summed E-state index contributed by atoms with van der Waals surface area (Å²) in [6.45, 7) is 4.03. The maximum Gasteiger partial charge on any atom is 0.341 e. The van der Waals surface area contributed by atoms with Gasteiger partial charge >= 0.3 is 5.97 Å². The molecular formula is C14H17N3O3. The summed E-state index contributed by atoms with van der Waals surface area (Å²) in [6.07, 6.45) is 3.36. The average molecular weight is 275 g/mol. The first-order valence-electron chi connectivity index (χ1n) is 6.21. The Hall–Kier alpha value is -2.50. The molecule has 0 saturated carbocycles. The number of hydrogen-bond acceptors (Lipinski definition) is 5.